The third-order valence-corrected chi connectivity index (χ3v) is 6.23. The molecule has 20 heavy (non-hydrogen) atoms. The van der Waals surface area contributed by atoms with Crippen LogP contribution in [0.25, 0.3) is 0 Å². The molecule has 0 bridgehead atoms. The summed E-state index contributed by atoms with van der Waals surface area (Å²) in [7, 11) is -1.97. The van der Waals surface area contributed by atoms with Gasteiger partial charge in [-0.05, 0) is 13.0 Å². The van der Waals surface area contributed by atoms with Crippen LogP contribution in [0.15, 0.2) is 11.0 Å². The van der Waals surface area contributed by atoms with E-state index < -0.39 is 15.6 Å². The Hall–Kier alpha value is -0.510. The normalized spacial score (nSPS) is 23.4. The molecule has 1 aromatic heterocycles. The Labute approximate surface area is 123 Å². The fourth-order valence-corrected chi connectivity index (χ4v) is 4.78. The molecule has 0 amide bonds. The van der Waals surface area contributed by atoms with Crippen LogP contribution in [0.1, 0.15) is 16.2 Å². The molecule has 1 aromatic rings. The maximum absolute atomic E-state index is 12.4. The van der Waals surface area contributed by atoms with Crippen molar-refractivity contribution in [1.29, 1.82) is 0 Å². The van der Waals surface area contributed by atoms with Crippen LogP contribution < -0.4 is 10.5 Å². The SMILES string of the molecule is COC1(CNS(=O)(=O)c2cc(CN)sc2C)CCOC1. The molecule has 6 nitrogen and oxygen atoms in total. The average Bonchev–Trinajstić information content (AvgIpc) is 3.04. The first-order chi connectivity index (χ1) is 9.42. The molecular formula is C12H20N2O4S2. The zero-order valence-electron chi connectivity index (χ0n) is 11.6. The molecular weight excluding hydrogens is 300 g/mol. The van der Waals surface area contributed by atoms with E-state index in [1.54, 1.807) is 20.1 Å². The zero-order valence-corrected chi connectivity index (χ0v) is 13.3. The predicted molar refractivity (Wildman–Crippen MR) is 77.3 cm³/mol. The summed E-state index contributed by atoms with van der Waals surface area (Å²) in [5, 5.41) is 0. The van der Waals surface area contributed by atoms with Gasteiger partial charge in [-0.25, -0.2) is 13.1 Å². The second kappa shape index (κ2) is 6.08. The van der Waals surface area contributed by atoms with Crippen molar-refractivity contribution < 1.29 is 17.9 Å². The first kappa shape index (κ1) is 15.9. The van der Waals surface area contributed by atoms with Crippen LogP contribution in [0.3, 0.4) is 0 Å². The number of sulfonamides is 1. The number of hydrogen-bond donors (Lipinski definition) is 2. The van der Waals surface area contributed by atoms with Crippen molar-refractivity contribution in [2.24, 2.45) is 5.73 Å². The summed E-state index contributed by atoms with van der Waals surface area (Å²) >= 11 is 1.40. The Kier molecular flexibility index (Phi) is 4.83. The van der Waals surface area contributed by atoms with Gasteiger partial charge in [-0.15, -0.1) is 11.3 Å². The van der Waals surface area contributed by atoms with E-state index in [1.165, 1.54) is 11.3 Å². The van der Waals surface area contributed by atoms with E-state index in [4.69, 9.17) is 15.2 Å². The van der Waals surface area contributed by atoms with Crippen LogP contribution in [-0.2, 0) is 26.0 Å². The van der Waals surface area contributed by atoms with Crippen molar-refractivity contribution in [3.05, 3.63) is 15.8 Å². The topological polar surface area (TPSA) is 90.7 Å². The summed E-state index contributed by atoms with van der Waals surface area (Å²) in [6.07, 6.45) is 0.683. The fraction of sp³-hybridized carbons (Fsp3) is 0.667. The van der Waals surface area contributed by atoms with E-state index in [0.29, 0.717) is 31.1 Å². The minimum Gasteiger partial charge on any atom is -0.378 e. The van der Waals surface area contributed by atoms with Crippen LogP contribution in [0.4, 0.5) is 0 Å². The lowest BCUT2D eigenvalue weighted by molar-refractivity contribution is -0.0120. The smallest absolute Gasteiger partial charge is 0.241 e. The first-order valence-electron chi connectivity index (χ1n) is 6.34. The third kappa shape index (κ3) is 3.21. The number of nitrogens with one attached hydrogen (secondary N) is 1. The van der Waals surface area contributed by atoms with Crippen LogP contribution in [0, 0.1) is 6.92 Å². The molecule has 8 heteroatoms. The monoisotopic (exact) mass is 320 g/mol. The second-order valence-electron chi connectivity index (χ2n) is 4.85. The molecule has 2 heterocycles. The Morgan fingerprint density at radius 1 is 1.60 bits per heavy atom. The zero-order chi connectivity index (χ0) is 14.8. The second-order valence-corrected chi connectivity index (χ2v) is 7.93. The Morgan fingerprint density at radius 2 is 2.35 bits per heavy atom. The summed E-state index contributed by atoms with van der Waals surface area (Å²) in [4.78, 5) is 1.90. The number of ether oxygens (including phenoxy) is 2. The van der Waals surface area contributed by atoms with Gasteiger partial charge in [0.1, 0.15) is 5.60 Å². The van der Waals surface area contributed by atoms with Crippen molar-refractivity contribution >= 4 is 21.4 Å². The minimum absolute atomic E-state index is 0.207. The Balaban J connectivity index is 2.12. The van der Waals surface area contributed by atoms with Crippen molar-refractivity contribution in [2.75, 3.05) is 26.9 Å². The lowest BCUT2D eigenvalue weighted by Gasteiger charge is -2.25. The average molecular weight is 320 g/mol. The molecule has 114 valence electrons. The quantitative estimate of drug-likeness (QED) is 0.801. The van der Waals surface area contributed by atoms with Crippen molar-refractivity contribution in [1.82, 2.24) is 4.72 Å². The molecule has 2 rings (SSSR count). The number of aryl methyl sites for hydroxylation is 1. The van der Waals surface area contributed by atoms with Crippen molar-refractivity contribution in [3.63, 3.8) is 0 Å². The van der Waals surface area contributed by atoms with Crippen LogP contribution in [0.2, 0.25) is 0 Å². The van der Waals surface area contributed by atoms with Gasteiger partial charge in [0.05, 0.1) is 11.5 Å². The highest BCUT2D eigenvalue weighted by Crippen LogP contribution is 2.26. The van der Waals surface area contributed by atoms with E-state index in [9.17, 15) is 8.42 Å². The largest absolute Gasteiger partial charge is 0.378 e. The van der Waals surface area contributed by atoms with Gasteiger partial charge < -0.3 is 15.2 Å². The summed E-state index contributed by atoms with van der Waals surface area (Å²) < 4.78 is 38.0. The molecule has 0 radical (unpaired) electrons. The molecule has 3 N–H and O–H groups in total. The van der Waals surface area contributed by atoms with E-state index in [2.05, 4.69) is 4.72 Å². The Morgan fingerprint density at radius 3 is 2.85 bits per heavy atom. The van der Waals surface area contributed by atoms with Crippen LogP contribution >= 0.6 is 11.3 Å². The van der Waals surface area contributed by atoms with Crippen LogP contribution in [-0.4, -0.2) is 40.9 Å². The molecule has 1 aliphatic rings. The van der Waals surface area contributed by atoms with Gasteiger partial charge in [-0.3, -0.25) is 0 Å². The van der Waals surface area contributed by atoms with Gasteiger partial charge in [-0.2, -0.15) is 0 Å². The molecule has 1 aliphatic heterocycles. The number of hydrogen-bond acceptors (Lipinski definition) is 6. The lowest BCUT2D eigenvalue weighted by Crippen LogP contribution is -2.44. The van der Waals surface area contributed by atoms with Gasteiger partial charge in [-0.1, -0.05) is 0 Å². The highest BCUT2D eigenvalue weighted by Gasteiger charge is 2.36. The highest BCUT2D eigenvalue weighted by molar-refractivity contribution is 7.89. The summed E-state index contributed by atoms with van der Waals surface area (Å²) in [5.74, 6) is 0. The van der Waals surface area contributed by atoms with Gasteiger partial charge in [0.25, 0.3) is 0 Å². The molecule has 0 spiro atoms. The van der Waals surface area contributed by atoms with Gasteiger partial charge in [0, 0.05) is 43.0 Å². The van der Waals surface area contributed by atoms with E-state index in [0.717, 1.165) is 9.75 Å². The summed E-state index contributed by atoms with van der Waals surface area (Å²) in [6, 6.07) is 1.63. The summed E-state index contributed by atoms with van der Waals surface area (Å²) in [6.45, 7) is 3.33. The number of rotatable bonds is 6. The minimum atomic E-state index is -3.55. The van der Waals surface area contributed by atoms with E-state index in [-0.39, 0.29) is 6.54 Å². The molecule has 1 unspecified atom stereocenters. The Bertz CT molecular complexity index is 562. The molecule has 1 fully saturated rings. The van der Waals surface area contributed by atoms with Crippen LogP contribution in [0.5, 0.6) is 0 Å². The van der Waals surface area contributed by atoms with Gasteiger partial charge >= 0.3 is 0 Å². The van der Waals surface area contributed by atoms with E-state index in [1.807, 2.05) is 0 Å². The highest BCUT2D eigenvalue weighted by atomic mass is 32.2. The number of thiophene rings is 1. The summed E-state index contributed by atoms with van der Waals surface area (Å²) in [5.41, 5.74) is 4.99. The lowest BCUT2D eigenvalue weighted by atomic mass is 10.0. The molecule has 1 saturated heterocycles. The molecule has 0 saturated carbocycles. The van der Waals surface area contributed by atoms with Gasteiger partial charge in [0.15, 0.2) is 0 Å². The maximum Gasteiger partial charge on any atom is 0.241 e. The predicted octanol–water partition coefficient (Wildman–Crippen LogP) is 0.599. The number of methoxy groups -OCH3 is 1. The number of nitrogens with two attached hydrogens (primary N) is 1. The van der Waals surface area contributed by atoms with Crippen molar-refractivity contribution in [3.8, 4) is 0 Å². The third-order valence-electron chi connectivity index (χ3n) is 3.50. The maximum atomic E-state index is 12.4. The molecule has 0 aliphatic carbocycles. The standard InChI is InChI=1S/C12H20N2O4S2/c1-9-11(5-10(6-13)19-9)20(15,16)14-7-12(17-2)3-4-18-8-12/h5,14H,3-4,6-8,13H2,1-2H3. The van der Waals surface area contributed by atoms with Gasteiger partial charge in [0.2, 0.25) is 10.0 Å². The molecule has 1 atom stereocenters. The van der Waals surface area contributed by atoms with E-state index >= 15 is 0 Å². The van der Waals surface area contributed by atoms with Crippen molar-refractivity contribution in [2.45, 2.75) is 30.4 Å². The fourth-order valence-electron chi connectivity index (χ4n) is 2.16. The molecule has 0 aromatic carbocycles. The first-order valence-corrected chi connectivity index (χ1v) is 8.64.